The topological polar surface area (TPSA) is 248 Å². The molecule has 0 spiro atoms. The van der Waals surface area contributed by atoms with Gasteiger partial charge in [0.2, 0.25) is 0 Å². The fraction of sp³-hybridized carbons (Fsp3) is 0.182. The molecule has 0 atom stereocenters. The predicted octanol–water partition coefficient (Wildman–Crippen LogP) is 14.2. The molecule has 24 nitrogen and oxygen atoms in total. The van der Waals surface area contributed by atoms with Gasteiger partial charge in [-0.25, -0.2) is 47.4 Å². The van der Waals surface area contributed by atoms with E-state index in [0.29, 0.717) is 43.8 Å². The maximum atomic E-state index is 6.11. The first-order chi connectivity index (χ1) is 54.1. The molecule has 21 rings (SSSR count). The average Bonchev–Trinajstić information content (AvgIpc) is 1.73. The van der Waals surface area contributed by atoms with Gasteiger partial charge in [-0.3, -0.25) is 0 Å². The van der Waals surface area contributed by atoms with Crippen LogP contribution in [0.15, 0.2) is 146 Å². The molecule has 0 radical (unpaired) electrons. The van der Waals surface area contributed by atoms with Crippen LogP contribution in [0.4, 0.5) is 0 Å². The van der Waals surface area contributed by atoms with Crippen LogP contribution in [0.5, 0.6) is 0 Å². The Balaban J connectivity index is 0.00000830. The maximum Gasteiger partial charge on any atom is 1.00 e. The van der Waals surface area contributed by atoms with E-state index in [2.05, 4.69) is 201 Å². The second kappa shape index (κ2) is 24.7. The number of aromatic nitrogens is 24. The van der Waals surface area contributed by atoms with E-state index in [1.807, 2.05) is 92.8 Å². The van der Waals surface area contributed by atoms with Crippen LogP contribution >= 0.6 is 0 Å². The average molecular weight is 1470 g/mol. The number of rotatable bonds is 8. The van der Waals surface area contributed by atoms with E-state index in [0.717, 1.165) is 180 Å². The summed E-state index contributed by atoms with van der Waals surface area (Å²) in [6.07, 6.45) is 0. The standard InChI is InChI=1S/C88H72N24.Li/c1-41-33-49(9)105(97-41)73-57-25-17-18-26-58(57)74(106-50(10)34-42(2)98-106)66-65(73)81-89-82(66)94-84-69-70(78(110-54(14)38-46(6)102-110)62-30-22-21-29-61(62)77(69)109-53(13)37-45(5)101-109)86(91-84)96-88-72-71(79(111-55(15)39-47(7)103-111)63-31-23-24-32-64(63)80(72)112-56(16)40-48(8)104-112)87(92-88)95-85-68-67(83(90-85)93-81)75(107-51(11)35-43(3)99-107)59-27-19-20-28-60(59)76(68)108-52(12)36-44(4)100-108;/h17-40H,1-16H3;/q-2;+1. The first kappa shape index (κ1) is 68.7. The van der Waals surface area contributed by atoms with Gasteiger partial charge < -0.3 is 29.9 Å². The van der Waals surface area contributed by atoms with Crippen LogP contribution in [0.1, 0.15) is 91.1 Å². The molecule has 19 aromatic rings. The van der Waals surface area contributed by atoms with E-state index in [1.165, 1.54) is 0 Å². The molecule has 0 aliphatic carbocycles. The number of hydrogen-bond acceptors (Lipinski definition) is 14. The summed E-state index contributed by atoms with van der Waals surface area (Å²) in [7, 11) is 0. The van der Waals surface area contributed by atoms with E-state index in [-0.39, 0.29) is 64.7 Å². The molecule has 0 saturated heterocycles. The maximum absolute atomic E-state index is 6.11. The van der Waals surface area contributed by atoms with Gasteiger partial charge in [0.25, 0.3) is 0 Å². The van der Waals surface area contributed by atoms with Crippen LogP contribution in [0.25, 0.3) is 178 Å². The Morgan fingerprint density at radius 1 is 0.204 bits per heavy atom. The van der Waals surface area contributed by atoms with Crippen LogP contribution in [-0.4, -0.2) is 108 Å². The molecule has 0 amide bonds. The predicted molar refractivity (Wildman–Crippen MR) is 437 cm³/mol. The molecule has 0 unspecified atom stereocenters. The third-order valence-corrected chi connectivity index (χ3v) is 21.9. The van der Waals surface area contributed by atoms with E-state index < -0.39 is 0 Å². The second-order valence-electron chi connectivity index (χ2n) is 30.2. The van der Waals surface area contributed by atoms with Crippen molar-refractivity contribution in [2.24, 2.45) is 0 Å². The Labute approximate surface area is 658 Å². The van der Waals surface area contributed by atoms with Crippen molar-refractivity contribution in [3.05, 3.63) is 237 Å². The number of benzene rings is 8. The summed E-state index contributed by atoms with van der Waals surface area (Å²) in [5.41, 5.74) is 23.0. The second-order valence-corrected chi connectivity index (χ2v) is 30.2. The van der Waals surface area contributed by atoms with Gasteiger partial charge in [-0.1, -0.05) is 97.1 Å². The van der Waals surface area contributed by atoms with E-state index in [4.69, 9.17) is 80.7 Å². The van der Waals surface area contributed by atoms with Crippen molar-refractivity contribution < 1.29 is 18.9 Å². The summed E-state index contributed by atoms with van der Waals surface area (Å²) in [6.45, 7) is 32.7. The molecule has 0 fully saturated rings. The Morgan fingerprint density at radius 3 is 0.504 bits per heavy atom. The molecular formula is C88H72LiN24-. The van der Waals surface area contributed by atoms with Crippen molar-refractivity contribution in [2.75, 3.05) is 0 Å². The third kappa shape index (κ3) is 10.0. The number of hydrogen-bond donors (Lipinski definition) is 0. The van der Waals surface area contributed by atoms with Crippen LogP contribution in [0, 0.1) is 111 Å². The minimum Gasteiger partial charge on any atom is -0.357 e. The van der Waals surface area contributed by atoms with Crippen molar-refractivity contribution >= 4 is 87.2 Å². The third-order valence-electron chi connectivity index (χ3n) is 21.9. The molecule has 2 aliphatic rings. The van der Waals surface area contributed by atoms with Gasteiger partial charge in [0.15, 0.2) is 0 Å². The molecule has 113 heavy (non-hydrogen) atoms. The minimum atomic E-state index is 0. The summed E-state index contributed by atoms with van der Waals surface area (Å²) in [4.78, 5) is 48.3. The molecule has 0 N–H and O–H groups in total. The normalized spacial score (nSPS) is 12.2. The van der Waals surface area contributed by atoms with Crippen molar-refractivity contribution in [3.63, 3.8) is 0 Å². The SMILES string of the molecule is Cc1cc(C)n(-c2c3c(c(-n4nc(C)cc4C)c4ccccc24)-c2nc-3nc3[n-]c(nc4nc(nc5[n-]c(n2)c2c(-n6nc(C)cc6C)c6ccccc6c(-n6nc(C)cc6C)c52)-c2c-4c(-n4nc(C)cc4C)c4ccccc4c2-n2nc(C)cc2C)c2c(-n4nc(C)cc4C)c4ccccc4c(-n4nc(C)cc4C)c32)n1.[Li+]. The first-order valence-electron chi connectivity index (χ1n) is 37.5. The van der Waals surface area contributed by atoms with Crippen molar-refractivity contribution in [3.8, 4) is 91.1 Å². The van der Waals surface area contributed by atoms with E-state index in [1.54, 1.807) is 0 Å². The number of fused-ring (bicyclic) bond motifs is 24. The fourth-order valence-corrected chi connectivity index (χ4v) is 17.8. The Kier molecular flexibility index (Phi) is 15.0. The van der Waals surface area contributed by atoms with Crippen molar-refractivity contribution in [2.45, 2.75) is 111 Å². The molecule has 2 aliphatic heterocycles. The van der Waals surface area contributed by atoms with Crippen molar-refractivity contribution in [1.82, 2.24) is 118 Å². The largest absolute Gasteiger partial charge is 1.00 e. The Hall–Kier alpha value is -13.6. The number of nitrogens with zero attached hydrogens (tertiary/aromatic N) is 24. The molecule has 8 aromatic carbocycles. The zero-order chi connectivity index (χ0) is 76.6. The first-order valence-corrected chi connectivity index (χ1v) is 37.5. The monoisotopic (exact) mass is 1470 g/mol. The zero-order valence-corrected chi connectivity index (χ0v) is 65.6. The van der Waals surface area contributed by atoms with Gasteiger partial charge in [-0.15, -0.1) is 0 Å². The van der Waals surface area contributed by atoms with Gasteiger partial charge in [-0.2, -0.15) is 40.8 Å². The summed E-state index contributed by atoms with van der Waals surface area (Å²) in [6, 6.07) is 50.3. The van der Waals surface area contributed by atoms with Crippen molar-refractivity contribution in [1.29, 1.82) is 0 Å². The fourth-order valence-electron chi connectivity index (χ4n) is 17.8. The summed E-state index contributed by atoms with van der Waals surface area (Å²) in [5.74, 6) is 1.12. The summed E-state index contributed by atoms with van der Waals surface area (Å²) in [5, 5.41) is 52.4. The molecule has 8 bridgehead atoms. The van der Waals surface area contributed by atoms with Gasteiger partial charge in [-0.05, 0) is 159 Å². The van der Waals surface area contributed by atoms with Gasteiger partial charge in [0.1, 0.15) is 0 Å². The molecule has 11 aromatic heterocycles. The smallest absolute Gasteiger partial charge is 0.357 e. The van der Waals surface area contributed by atoms with Gasteiger partial charge in [0, 0.05) is 155 Å². The van der Waals surface area contributed by atoms with Crippen LogP contribution < -0.4 is 28.8 Å². The molecule has 25 heteroatoms. The molecule has 13 heterocycles. The molecular weight excluding hydrogens is 1400 g/mol. The molecule has 546 valence electrons. The van der Waals surface area contributed by atoms with Gasteiger partial charge in [0.05, 0.1) is 114 Å². The zero-order valence-electron chi connectivity index (χ0n) is 65.6. The van der Waals surface area contributed by atoms with Gasteiger partial charge >= 0.3 is 18.9 Å². The summed E-state index contributed by atoms with van der Waals surface area (Å²) >= 11 is 0. The van der Waals surface area contributed by atoms with Crippen LogP contribution in [-0.2, 0) is 0 Å². The Bertz CT molecular complexity index is 6730. The summed E-state index contributed by atoms with van der Waals surface area (Å²) < 4.78 is 16.1. The van der Waals surface area contributed by atoms with Crippen LogP contribution in [0.3, 0.4) is 0 Å². The number of aryl methyl sites for hydroxylation is 16. The van der Waals surface area contributed by atoms with Crippen LogP contribution in [0.2, 0.25) is 0 Å². The quantitative estimate of drug-likeness (QED) is 0.128. The van der Waals surface area contributed by atoms with E-state index >= 15 is 0 Å². The molecule has 0 saturated carbocycles. The minimum absolute atomic E-state index is 0. The van der Waals surface area contributed by atoms with E-state index in [9.17, 15) is 0 Å². The Morgan fingerprint density at radius 2 is 0.354 bits per heavy atom.